The molecular formula is C20H15F10NS. The second kappa shape index (κ2) is 9.72. The van der Waals surface area contributed by atoms with Gasteiger partial charge in [0.2, 0.25) is 0 Å². The van der Waals surface area contributed by atoms with Crippen molar-refractivity contribution in [2.45, 2.75) is 43.2 Å². The molecule has 0 aromatic heterocycles. The fourth-order valence-corrected chi connectivity index (χ4v) is 3.37. The summed E-state index contributed by atoms with van der Waals surface area (Å²) in [4.78, 5) is 3.21. The molecule has 0 aliphatic carbocycles. The van der Waals surface area contributed by atoms with Crippen LogP contribution < -0.4 is 0 Å². The second-order valence-corrected chi connectivity index (χ2v) is 7.74. The lowest BCUT2D eigenvalue weighted by molar-refractivity contribution is -0.137. The number of aryl methyl sites for hydroxylation is 2. The summed E-state index contributed by atoms with van der Waals surface area (Å²) in [5.41, 5.74) is -2.88. The van der Waals surface area contributed by atoms with E-state index >= 15 is 0 Å². The molecule has 0 aliphatic rings. The molecule has 32 heavy (non-hydrogen) atoms. The number of aliphatic imine (C=N–C) groups is 1. The Kier molecular flexibility index (Phi) is 7.90. The summed E-state index contributed by atoms with van der Waals surface area (Å²) in [6, 6.07) is 5.10. The predicted molar refractivity (Wildman–Crippen MR) is 101 cm³/mol. The lowest BCUT2D eigenvalue weighted by atomic mass is 10.0. The zero-order valence-electron chi connectivity index (χ0n) is 16.2. The minimum atomic E-state index is -4.98. The predicted octanol–water partition coefficient (Wildman–Crippen LogP) is 8.07. The van der Waals surface area contributed by atoms with Crippen LogP contribution in [-0.4, -0.2) is 23.8 Å². The number of halogens is 10. The van der Waals surface area contributed by atoms with E-state index in [-0.39, 0.29) is 22.4 Å². The molecule has 2 aromatic rings. The summed E-state index contributed by atoms with van der Waals surface area (Å²) in [5, 5.41) is 0. The molecule has 0 N–H and O–H groups in total. The number of thioether (sulfide) groups is 1. The Morgan fingerprint density at radius 3 is 2.00 bits per heavy atom. The average Bonchev–Trinajstić information content (AvgIpc) is 2.63. The smallest absolute Gasteiger partial charge is 0.245 e. The highest BCUT2D eigenvalue weighted by Gasteiger charge is 2.36. The number of rotatable bonds is 6. The van der Waals surface area contributed by atoms with Crippen molar-refractivity contribution >= 4 is 23.2 Å². The summed E-state index contributed by atoms with van der Waals surface area (Å²) in [6.07, 6.45) is -15.2. The highest BCUT2D eigenvalue weighted by molar-refractivity contribution is 7.99. The standard InChI is InChI=1S/C20H15F10NS/c1-11-8-14(21)15(9-16(11)32-10-18(22,23)24)31-17(20(28,29)30)7-4-12-2-5-13(6-3-12)19(25,26)27/h2-3,5-6,8-9H,4,7,10H2,1H3. The van der Waals surface area contributed by atoms with Crippen molar-refractivity contribution in [2.75, 3.05) is 5.75 Å². The molecule has 0 radical (unpaired) electrons. The summed E-state index contributed by atoms with van der Waals surface area (Å²) in [6.45, 7) is 1.31. The summed E-state index contributed by atoms with van der Waals surface area (Å²) < 4.78 is 129. The van der Waals surface area contributed by atoms with Gasteiger partial charge in [0.25, 0.3) is 0 Å². The molecule has 2 rings (SSSR count). The highest BCUT2D eigenvalue weighted by Crippen LogP contribution is 2.35. The molecule has 0 fully saturated rings. The van der Waals surface area contributed by atoms with Crippen LogP contribution in [0.2, 0.25) is 0 Å². The Hall–Kier alpha value is -2.24. The van der Waals surface area contributed by atoms with Gasteiger partial charge < -0.3 is 0 Å². The van der Waals surface area contributed by atoms with Gasteiger partial charge in [-0.2, -0.15) is 39.5 Å². The normalized spacial score (nSPS) is 13.5. The van der Waals surface area contributed by atoms with Crippen LogP contribution in [0.3, 0.4) is 0 Å². The van der Waals surface area contributed by atoms with E-state index < -0.39 is 53.5 Å². The minimum Gasteiger partial charge on any atom is -0.245 e. The SMILES string of the molecule is Cc1cc(F)c(N=C(CCc2ccc(C(F)(F)F)cc2)C(F)(F)F)cc1SCC(F)(F)F. The van der Waals surface area contributed by atoms with E-state index in [2.05, 4.69) is 4.99 Å². The van der Waals surface area contributed by atoms with Crippen molar-refractivity contribution in [2.24, 2.45) is 4.99 Å². The van der Waals surface area contributed by atoms with Crippen molar-refractivity contribution in [1.29, 1.82) is 0 Å². The van der Waals surface area contributed by atoms with Crippen molar-refractivity contribution in [3.8, 4) is 0 Å². The van der Waals surface area contributed by atoms with Crippen LogP contribution in [0.1, 0.15) is 23.1 Å². The highest BCUT2D eigenvalue weighted by atomic mass is 32.2. The van der Waals surface area contributed by atoms with E-state index in [0.29, 0.717) is 11.8 Å². The zero-order valence-corrected chi connectivity index (χ0v) is 17.0. The van der Waals surface area contributed by atoms with Crippen LogP contribution in [0.25, 0.3) is 0 Å². The van der Waals surface area contributed by atoms with Crippen LogP contribution in [0.4, 0.5) is 49.6 Å². The van der Waals surface area contributed by atoms with Gasteiger partial charge in [-0.25, -0.2) is 9.38 Å². The first kappa shape index (κ1) is 26.0. The van der Waals surface area contributed by atoms with Crippen molar-refractivity contribution in [3.05, 3.63) is 58.9 Å². The molecule has 0 bridgehead atoms. The third-order valence-corrected chi connectivity index (χ3v) is 5.37. The van der Waals surface area contributed by atoms with E-state index in [4.69, 9.17) is 0 Å². The minimum absolute atomic E-state index is 0.0771. The molecule has 0 aliphatic heterocycles. The first-order valence-electron chi connectivity index (χ1n) is 8.87. The Bertz CT molecular complexity index is 957. The topological polar surface area (TPSA) is 12.4 Å². The van der Waals surface area contributed by atoms with Gasteiger partial charge in [-0.05, 0) is 55.2 Å². The maximum absolute atomic E-state index is 14.2. The number of hydrogen-bond donors (Lipinski definition) is 0. The Morgan fingerprint density at radius 2 is 1.50 bits per heavy atom. The number of nitrogens with zero attached hydrogens (tertiary/aromatic N) is 1. The summed E-state index contributed by atoms with van der Waals surface area (Å²) >= 11 is 0.291. The van der Waals surface area contributed by atoms with E-state index in [0.717, 1.165) is 36.4 Å². The van der Waals surface area contributed by atoms with Crippen LogP contribution in [0, 0.1) is 12.7 Å². The molecular weight excluding hydrogens is 476 g/mol. The van der Waals surface area contributed by atoms with Gasteiger partial charge >= 0.3 is 18.5 Å². The first-order valence-corrected chi connectivity index (χ1v) is 9.85. The molecule has 2 aromatic carbocycles. The number of benzene rings is 2. The molecule has 12 heteroatoms. The van der Waals surface area contributed by atoms with Crippen LogP contribution in [0.5, 0.6) is 0 Å². The first-order chi connectivity index (χ1) is 14.6. The fraction of sp³-hybridized carbons (Fsp3) is 0.350. The maximum atomic E-state index is 14.2. The second-order valence-electron chi connectivity index (χ2n) is 6.72. The van der Waals surface area contributed by atoms with Crippen LogP contribution in [0.15, 0.2) is 46.3 Å². The van der Waals surface area contributed by atoms with Gasteiger partial charge in [-0.1, -0.05) is 12.1 Å². The molecule has 0 spiro atoms. The molecule has 0 amide bonds. The van der Waals surface area contributed by atoms with Crippen LogP contribution in [-0.2, 0) is 12.6 Å². The molecule has 176 valence electrons. The van der Waals surface area contributed by atoms with Gasteiger partial charge in [-0.3, -0.25) is 0 Å². The van der Waals surface area contributed by atoms with Gasteiger partial charge in [0.1, 0.15) is 17.2 Å². The van der Waals surface area contributed by atoms with E-state index in [1.165, 1.54) is 6.92 Å². The fourth-order valence-electron chi connectivity index (χ4n) is 2.57. The Labute approximate surface area is 180 Å². The number of hydrogen-bond acceptors (Lipinski definition) is 2. The lowest BCUT2D eigenvalue weighted by Crippen LogP contribution is -2.23. The van der Waals surface area contributed by atoms with Gasteiger partial charge in [0.05, 0.1) is 11.3 Å². The molecule has 0 saturated heterocycles. The zero-order chi connectivity index (χ0) is 24.3. The molecule has 0 heterocycles. The third kappa shape index (κ3) is 7.72. The molecule has 1 nitrogen and oxygen atoms in total. The molecule has 0 atom stereocenters. The Balaban J connectivity index is 2.28. The van der Waals surface area contributed by atoms with Gasteiger partial charge in [0, 0.05) is 4.90 Å². The maximum Gasteiger partial charge on any atom is 0.429 e. The van der Waals surface area contributed by atoms with Crippen LogP contribution >= 0.6 is 11.8 Å². The van der Waals surface area contributed by atoms with Crippen molar-refractivity contribution in [3.63, 3.8) is 0 Å². The quantitative estimate of drug-likeness (QED) is 0.226. The van der Waals surface area contributed by atoms with Crippen molar-refractivity contribution < 1.29 is 43.9 Å². The van der Waals surface area contributed by atoms with Gasteiger partial charge in [-0.15, -0.1) is 11.8 Å². The summed E-state index contributed by atoms with van der Waals surface area (Å²) in [5.74, 6) is -2.46. The lowest BCUT2D eigenvalue weighted by Gasteiger charge is -2.13. The molecule has 0 saturated carbocycles. The molecule has 0 unspecified atom stereocenters. The Morgan fingerprint density at radius 1 is 0.906 bits per heavy atom. The van der Waals surface area contributed by atoms with E-state index in [9.17, 15) is 43.9 Å². The number of alkyl halides is 9. The monoisotopic (exact) mass is 491 g/mol. The third-order valence-electron chi connectivity index (χ3n) is 4.15. The average molecular weight is 491 g/mol. The van der Waals surface area contributed by atoms with E-state index in [1.54, 1.807) is 0 Å². The summed E-state index contributed by atoms with van der Waals surface area (Å²) in [7, 11) is 0. The van der Waals surface area contributed by atoms with Crippen molar-refractivity contribution in [1.82, 2.24) is 0 Å². The largest absolute Gasteiger partial charge is 0.429 e. The van der Waals surface area contributed by atoms with Gasteiger partial charge in [0.15, 0.2) is 0 Å². The van der Waals surface area contributed by atoms with E-state index in [1.807, 2.05) is 0 Å².